The highest BCUT2D eigenvalue weighted by Crippen LogP contribution is 2.24. The average molecular weight is 444 g/mol. The summed E-state index contributed by atoms with van der Waals surface area (Å²) in [7, 11) is 1.79. The molecule has 2 unspecified atom stereocenters. The molecular formula is C25H41N5O2. The summed E-state index contributed by atoms with van der Waals surface area (Å²) in [6.07, 6.45) is 5.56. The lowest BCUT2D eigenvalue weighted by Gasteiger charge is -2.30. The third kappa shape index (κ3) is 7.78. The smallest absolute Gasteiger partial charge is 0.223 e. The highest BCUT2D eigenvalue weighted by atomic mass is 16.3. The monoisotopic (exact) mass is 443 g/mol. The summed E-state index contributed by atoms with van der Waals surface area (Å²) in [6.45, 7) is 7.60. The third-order valence-electron chi connectivity index (χ3n) is 6.49. The van der Waals surface area contributed by atoms with Crippen molar-refractivity contribution in [3.05, 3.63) is 35.4 Å². The van der Waals surface area contributed by atoms with E-state index in [1.54, 1.807) is 7.05 Å². The van der Waals surface area contributed by atoms with Crippen LogP contribution in [0.1, 0.15) is 63.5 Å². The molecule has 178 valence electrons. The number of aliphatic hydroxyl groups is 1. The van der Waals surface area contributed by atoms with E-state index in [1.165, 1.54) is 11.1 Å². The van der Waals surface area contributed by atoms with Crippen molar-refractivity contribution >= 4 is 11.9 Å². The minimum absolute atomic E-state index is 0.0810. The van der Waals surface area contributed by atoms with Gasteiger partial charge in [-0.3, -0.25) is 14.7 Å². The van der Waals surface area contributed by atoms with Crippen molar-refractivity contribution in [2.24, 2.45) is 10.9 Å². The Kier molecular flexibility index (Phi) is 9.36. The van der Waals surface area contributed by atoms with Crippen LogP contribution < -0.4 is 16.0 Å². The van der Waals surface area contributed by atoms with E-state index in [-0.39, 0.29) is 30.0 Å². The van der Waals surface area contributed by atoms with Crippen molar-refractivity contribution in [1.82, 2.24) is 20.9 Å². The first-order valence-electron chi connectivity index (χ1n) is 12.2. The number of benzene rings is 1. The highest BCUT2D eigenvalue weighted by molar-refractivity contribution is 5.81. The summed E-state index contributed by atoms with van der Waals surface area (Å²) in [5.74, 6) is 1.05. The second kappa shape index (κ2) is 12.2. The Morgan fingerprint density at radius 2 is 1.81 bits per heavy atom. The molecule has 7 nitrogen and oxygen atoms in total. The summed E-state index contributed by atoms with van der Waals surface area (Å²) in [5.41, 5.74) is 2.52. The van der Waals surface area contributed by atoms with Gasteiger partial charge >= 0.3 is 0 Å². The molecule has 1 aliphatic carbocycles. The Hall–Kier alpha value is -2.12. The van der Waals surface area contributed by atoms with Gasteiger partial charge in [-0.2, -0.15) is 0 Å². The number of nitrogens with one attached hydrogen (secondary N) is 3. The van der Waals surface area contributed by atoms with Gasteiger partial charge in [0.1, 0.15) is 0 Å². The van der Waals surface area contributed by atoms with Gasteiger partial charge in [-0.1, -0.05) is 30.7 Å². The van der Waals surface area contributed by atoms with Gasteiger partial charge in [-0.25, -0.2) is 0 Å². The molecule has 3 rings (SSSR count). The first-order chi connectivity index (χ1) is 15.4. The molecule has 1 heterocycles. The molecule has 2 aliphatic rings. The number of guanidine groups is 1. The molecule has 1 aromatic carbocycles. The molecule has 1 saturated carbocycles. The number of amides is 1. The maximum atomic E-state index is 12.4. The van der Waals surface area contributed by atoms with Gasteiger partial charge in [-0.15, -0.1) is 0 Å². The van der Waals surface area contributed by atoms with E-state index in [9.17, 15) is 9.90 Å². The molecule has 1 amide bonds. The van der Waals surface area contributed by atoms with Crippen LogP contribution in [0, 0.1) is 5.92 Å². The molecule has 4 N–H and O–H groups in total. The topological polar surface area (TPSA) is 89.0 Å². The SMILES string of the molecule is CN=C(NCc1ccc(CN2CCC(O)CC2)cc1)NC1CCCC(C(=O)NC(C)C)C1. The number of carbonyl (C=O) groups excluding carboxylic acids is 1. The van der Waals surface area contributed by atoms with Crippen molar-refractivity contribution in [1.29, 1.82) is 0 Å². The van der Waals surface area contributed by atoms with Crippen LogP contribution >= 0.6 is 0 Å². The van der Waals surface area contributed by atoms with Gasteiger partial charge < -0.3 is 21.1 Å². The fourth-order valence-electron chi connectivity index (χ4n) is 4.63. The summed E-state index contributed by atoms with van der Waals surface area (Å²) < 4.78 is 0. The lowest BCUT2D eigenvalue weighted by molar-refractivity contribution is -0.126. The molecule has 0 spiro atoms. The molecule has 32 heavy (non-hydrogen) atoms. The lowest BCUT2D eigenvalue weighted by atomic mass is 9.85. The van der Waals surface area contributed by atoms with Crippen molar-refractivity contribution in [2.75, 3.05) is 20.1 Å². The quantitative estimate of drug-likeness (QED) is 0.384. The average Bonchev–Trinajstić information content (AvgIpc) is 2.79. The molecular weight excluding hydrogens is 402 g/mol. The normalized spacial score (nSPS) is 23.2. The van der Waals surface area contributed by atoms with Crippen LogP contribution in [0.15, 0.2) is 29.3 Å². The first kappa shape index (κ1) is 24.5. The maximum absolute atomic E-state index is 12.4. The van der Waals surface area contributed by atoms with Crippen molar-refractivity contribution in [3.8, 4) is 0 Å². The second-order valence-corrected chi connectivity index (χ2v) is 9.62. The van der Waals surface area contributed by atoms with E-state index in [2.05, 4.69) is 50.1 Å². The van der Waals surface area contributed by atoms with Gasteiger partial charge in [-0.05, 0) is 57.1 Å². The summed E-state index contributed by atoms with van der Waals surface area (Å²) >= 11 is 0. The Bertz CT molecular complexity index is 741. The van der Waals surface area contributed by atoms with Crippen molar-refractivity contribution in [2.45, 2.75) is 83.6 Å². The maximum Gasteiger partial charge on any atom is 0.223 e. The largest absolute Gasteiger partial charge is 0.393 e. The number of likely N-dealkylation sites (tertiary alicyclic amines) is 1. The van der Waals surface area contributed by atoms with E-state index in [4.69, 9.17) is 0 Å². The number of rotatable bonds is 7. The third-order valence-corrected chi connectivity index (χ3v) is 6.49. The van der Waals surface area contributed by atoms with Crippen LogP contribution in [0.2, 0.25) is 0 Å². The molecule has 0 bridgehead atoms. The van der Waals surface area contributed by atoms with Crippen LogP contribution in [0.4, 0.5) is 0 Å². The number of piperidine rings is 1. The molecule has 0 radical (unpaired) electrons. The van der Waals surface area contributed by atoms with Crippen LogP contribution in [-0.2, 0) is 17.9 Å². The second-order valence-electron chi connectivity index (χ2n) is 9.62. The summed E-state index contributed by atoms with van der Waals surface area (Å²) in [4.78, 5) is 19.2. The van der Waals surface area contributed by atoms with Crippen LogP contribution in [0.5, 0.6) is 0 Å². The number of hydrogen-bond donors (Lipinski definition) is 4. The molecule has 7 heteroatoms. The van der Waals surface area contributed by atoms with Crippen LogP contribution in [0.25, 0.3) is 0 Å². The predicted octanol–water partition coefficient (Wildman–Crippen LogP) is 2.39. The van der Waals surface area contributed by atoms with Crippen molar-refractivity contribution in [3.63, 3.8) is 0 Å². The van der Waals surface area contributed by atoms with E-state index in [0.29, 0.717) is 6.54 Å². The number of carbonyl (C=O) groups is 1. The highest BCUT2D eigenvalue weighted by Gasteiger charge is 2.28. The molecule has 1 aliphatic heterocycles. The molecule has 2 atom stereocenters. The summed E-state index contributed by atoms with van der Waals surface area (Å²) in [6, 6.07) is 9.17. The van der Waals surface area contributed by atoms with Gasteiger partial charge in [0.05, 0.1) is 6.10 Å². The standard InChI is InChI=1S/C25H41N5O2/c1-18(2)28-24(32)21-5-4-6-22(15-21)29-25(26-3)27-16-19-7-9-20(10-8-19)17-30-13-11-23(31)12-14-30/h7-10,18,21-23,31H,4-6,11-17H2,1-3H3,(H,28,32)(H2,26,27,29). The molecule has 1 aromatic rings. The fourth-order valence-corrected chi connectivity index (χ4v) is 4.63. The minimum atomic E-state index is -0.126. The zero-order chi connectivity index (χ0) is 22.9. The van der Waals surface area contributed by atoms with Gasteiger partial charge in [0, 0.05) is 51.2 Å². The Morgan fingerprint density at radius 1 is 1.12 bits per heavy atom. The van der Waals surface area contributed by atoms with E-state index in [1.807, 2.05) is 13.8 Å². The van der Waals surface area contributed by atoms with Crippen LogP contribution in [0.3, 0.4) is 0 Å². The predicted molar refractivity (Wildman–Crippen MR) is 129 cm³/mol. The fraction of sp³-hybridized carbons (Fsp3) is 0.680. The lowest BCUT2D eigenvalue weighted by Crippen LogP contribution is -2.47. The number of aliphatic imine (C=N–C) groups is 1. The molecule has 0 aromatic heterocycles. The zero-order valence-corrected chi connectivity index (χ0v) is 19.9. The number of aliphatic hydroxyl groups excluding tert-OH is 1. The van der Waals surface area contributed by atoms with E-state index in [0.717, 1.165) is 64.1 Å². The van der Waals surface area contributed by atoms with Gasteiger partial charge in [0.15, 0.2) is 5.96 Å². The molecule has 2 fully saturated rings. The minimum Gasteiger partial charge on any atom is -0.393 e. The van der Waals surface area contributed by atoms with Crippen molar-refractivity contribution < 1.29 is 9.90 Å². The number of nitrogens with zero attached hydrogens (tertiary/aromatic N) is 2. The van der Waals surface area contributed by atoms with Gasteiger partial charge in [0.25, 0.3) is 0 Å². The first-order valence-corrected chi connectivity index (χ1v) is 12.2. The van der Waals surface area contributed by atoms with Crippen LogP contribution in [-0.4, -0.2) is 60.2 Å². The van der Waals surface area contributed by atoms with E-state index >= 15 is 0 Å². The summed E-state index contributed by atoms with van der Waals surface area (Å²) in [5, 5.41) is 19.6. The van der Waals surface area contributed by atoms with E-state index < -0.39 is 0 Å². The zero-order valence-electron chi connectivity index (χ0n) is 19.9. The molecule has 1 saturated heterocycles. The van der Waals surface area contributed by atoms with Gasteiger partial charge in [0.2, 0.25) is 5.91 Å². The number of hydrogen-bond acceptors (Lipinski definition) is 4. The Balaban J connectivity index is 1.43. The Morgan fingerprint density at radius 3 is 2.47 bits per heavy atom. The Labute approximate surface area is 193 Å².